The minimum atomic E-state index is 0. The standard InChI is InChI=1S/C32H21N3O.C8H5.Au/c1-3-10-23(11-4-1)24-17-19-26(20-18-24)31-30(25-12-5-2-6-13-25)34-32(35-31)27-14-9-15-28(22-27)36-29-16-7-8-21-33-29;1-2-8-6-4-3-5-7-8;/h1-21H;3-7H;/q-2;-1;+3. The van der Waals surface area contributed by atoms with Crippen LogP contribution in [0.2, 0.25) is 0 Å². The summed E-state index contributed by atoms with van der Waals surface area (Å²) in [6, 6.07) is 52.9. The van der Waals surface area contributed by atoms with Crippen molar-refractivity contribution in [3.8, 4) is 62.6 Å². The molecule has 45 heavy (non-hydrogen) atoms. The fourth-order valence-corrected chi connectivity index (χ4v) is 4.59. The van der Waals surface area contributed by atoms with Gasteiger partial charge in [0, 0.05) is 18.0 Å². The number of aromatic nitrogens is 3. The van der Waals surface area contributed by atoms with Crippen LogP contribution in [0.15, 0.2) is 158 Å². The minimum absolute atomic E-state index is 0. The monoisotopic (exact) mass is 761 g/mol. The smallest absolute Gasteiger partial charge is 0.483 e. The van der Waals surface area contributed by atoms with Gasteiger partial charge >= 0.3 is 22.4 Å². The van der Waals surface area contributed by atoms with Crippen LogP contribution >= 0.6 is 0 Å². The molecule has 0 radical (unpaired) electrons. The van der Waals surface area contributed by atoms with Crippen LogP contribution in [-0.2, 0) is 22.4 Å². The van der Waals surface area contributed by atoms with E-state index in [9.17, 15) is 0 Å². The topological polar surface area (TPSA) is 49.1 Å². The quantitative estimate of drug-likeness (QED) is 0.0964. The van der Waals surface area contributed by atoms with Crippen LogP contribution in [0.5, 0.6) is 11.6 Å². The van der Waals surface area contributed by atoms with Crippen molar-refractivity contribution in [3.05, 3.63) is 176 Å². The minimum Gasteiger partial charge on any atom is -0.483 e. The Labute approximate surface area is 279 Å². The van der Waals surface area contributed by atoms with E-state index < -0.39 is 0 Å². The van der Waals surface area contributed by atoms with E-state index in [2.05, 4.69) is 65.5 Å². The largest absolute Gasteiger partial charge is 3.00 e. The zero-order chi connectivity index (χ0) is 30.0. The maximum absolute atomic E-state index is 6.69. The molecule has 0 atom stereocenters. The van der Waals surface area contributed by atoms with Crippen molar-refractivity contribution in [3.63, 3.8) is 0 Å². The maximum atomic E-state index is 6.69. The first-order valence-electron chi connectivity index (χ1n) is 14.1. The van der Waals surface area contributed by atoms with Crippen molar-refractivity contribution in [2.24, 2.45) is 0 Å². The zero-order valence-corrected chi connectivity index (χ0v) is 26.2. The fourth-order valence-electron chi connectivity index (χ4n) is 4.59. The molecular weight excluding hydrogens is 735 g/mol. The molecule has 0 unspecified atom stereocenters. The normalized spacial score (nSPS) is 10.0. The van der Waals surface area contributed by atoms with E-state index in [4.69, 9.17) is 21.1 Å². The van der Waals surface area contributed by atoms with Gasteiger partial charge in [-0.15, -0.1) is 47.3 Å². The summed E-state index contributed by atoms with van der Waals surface area (Å²) in [6.45, 7) is 0. The van der Waals surface area contributed by atoms with Crippen LogP contribution in [0.25, 0.3) is 45.0 Å². The van der Waals surface area contributed by atoms with Crippen molar-refractivity contribution < 1.29 is 27.1 Å². The molecule has 4 nitrogen and oxygen atoms in total. The molecule has 5 aromatic carbocycles. The van der Waals surface area contributed by atoms with Crippen LogP contribution < -0.4 is 9.72 Å². The van der Waals surface area contributed by atoms with Gasteiger partial charge in [0.2, 0.25) is 5.88 Å². The molecule has 0 N–H and O–H groups in total. The van der Waals surface area contributed by atoms with Gasteiger partial charge < -0.3 is 21.1 Å². The Balaban J connectivity index is 0.000000390. The van der Waals surface area contributed by atoms with Gasteiger partial charge in [0.1, 0.15) is 0 Å². The van der Waals surface area contributed by atoms with E-state index in [0.29, 0.717) is 17.5 Å². The Morgan fingerprint density at radius 2 is 1.20 bits per heavy atom. The molecule has 0 fully saturated rings. The van der Waals surface area contributed by atoms with Gasteiger partial charge in [-0.1, -0.05) is 115 Å². The van der Waals surface area contributed by atoms with Gasteiger partial charge in [-0.2, -0.15) is 0 Å². The Hall–Kier alpha value is -5.44. The summed E-state index contributed by atoms with van der Waals surface area (Å²) in [4.78, 5) is 14.1. The predicted molar refractivity (Wildman–Crippen MR) is 175 cm³/mol. The molecule has 0 amide bonds. The summed E-state index contributed by atoms with van der Waals surface area (Å²) in [6.07, 6.45) is 8.39. The van der Waals surface area contributed by atoms with E-state index in [-0.39, 0.29) is 22.4 Å². The predicted octanol–water partition coefficient (Wildman–Crippen LogP) is 9.32. The molecule has 0 aliphatic carbocycles. The third kappa shape index (κ3) is 7.94. The summed E-state index contributed by atoms with van der Waals surface area (Å²) in [5.74, 6) is 3.95. The summed E-state index contributed by atoms with van der Waals surface area (Å²) in [5.41, 5.74) is 7.62. The Morgan fingerprint density at radius 3 is 1.82 bits per heavy atom. The van der Waals surface area contributed by atoms with E-state index in [0.717, 1.165) is 39.2 Å². The summed E-state index contributed by atoms with van der Waals surface area (Å²) >= 11 is 0. The number of hydrogen-bond donors (Lipinski definition) is 0. The first-order chi connectivity index (χ1) is 21.8. The molecule has 218 valence electrons. The SMILES string of the molecule is [Au+3].[C-]#Cc1ccccc1.[c-]1c(Oc2ccccn2)cccc1-c1nc(-c2ccc(-c3ccccc3)cc2)c(-c2ccccc2)[n-]1. The second-order valence-electron chi connectivity index (χ2n) is 9.74. The third-order valence-electron chi connectivity index (χ3n) is 6.75. The molecule has 0 aliphatic rings. The first-order valence-corrected chi connectivity index (χ1v) is 14.1. The van der Waals surface area contributed by atoms with E-state index in [1.54, 1.807) is 6.20 Å². The van der Waals surface area contributed by atoms with Crippen LogP contribution in [0.4, 0.5) is 0 Å². The van der Waals surface area contributed by atoms with Gasteiger partial charge in [0.25, 0.3) is 0 Å². The van der Waals surface area contributed by atoms with E-state index in [1.165, 1.54) is 5.56 Å². The van der Waals surface area contributed by atoms with Crippen LogP contribution in [0, 0.1) is 18.4 Å². The molecule has 0 aliphatic heterocycles. The van der Waals surface area contributed by atoms with Gasteiger partial charge in [0.05, 0.1) is 0 Å². The molecule has 2 aromatic heterocycles. The summed E-state index contributed by atoms with van der Waals surface area (Å²) in [7, 11) is 0. The van der Waals surface area contributed by atoms with Gasteiger partial charge in [-0.25, -0.2) is 4.98 Å². The number of rotatable bonds is 6. The van der Waals surface area contributed by atoms with E-state index in [1.807, 2.05) is 103 Å². The molecule has 0 spiro atoms. The summed E-state index contributed by atoms with van der Waals surface area (Å²) in [5, 5.41) is 0. The van der Waals surface area contributed by atoms with Crippen molar-refractivity contribution in [2.75, 3.05) is 0 Å². The van der Waals surface area contributed by atoms with Crippen molar-refractivity contribution in [1.82, 2.24) is 15.0 Å². The fraction of sp³-hybridized carbons (Fsp3) is 0. The number of benzene rings is 5. The first kappa shape index (κ1) is 31.0. The van der Waals surface area contributed by atoms with Crippen LogP contribution in [0.3, 0.4) is 0 Å². The number of pyridine rings is 1. The van der Waals surface area contributed by atoms with Crippen LogP contribution in [0.1, 0.15) is 5.56 Å². The van der Waals surface area contributed by atoms with Crippen molar-refractivity contribution >= 4 is 0 Å². The van der Waals surface area contributed by atoms with Crippen LogP contribution in [-0.4, -0.2) is 9.97 Å². The molecule has 5 heteroatoms. The van der Waals surface area contributed by atoms with Gasteiger partial charge in [0.15, 0.2) is 0 Å². The maximum Gasteiger partial charge on any atom is 3.00 e. The zero-order valence-electron chi connectivity index (χ0n) is 24.1. The second kappa shape index (κ2) is 15.3. The molecular formula is C40H26AuN3O. The third-order valence-corrected chi connectivity index (χ3v) is 6.75. The number of hydrogen-bond acceptors (Lipinski definition) is 3. The van der Waals surface area contributed by atoms with Crippen molar-refractivity contribution in [2.45, 2.75) is 0 Å². The molecule has 0 bridgehead atoms. The van der Waals surface area contributed by atoms with Gasteiger partial charge in [-0.3, -0.25) is 5.92 Å². The van der Waals surface area contributed by atoms with Gasteiger partial charge in [-0.05, 0) is 39.7 Å². The average Bonchev–Trinajstić information content (AvgIpc) is 3.56. The molecule has 2 heterocycles. The van der Waals surface area contributed by atoms with Crippen molar-refractivity contribution in [1.29, 1.82) is 0 Å². The average molecular weight is 762 g/mol. The van der Waals surface area contributed by atoms with E-state index >= 15 is 0 Å². The molecule has 0 saturated carbocycles. The summed E-state index contributed by atoms with van der Waals surface area (Å²) < 4.78 is 5.88. The number of nitrogens with zero attached hydrogens (tertiary/aromatic N) is 3. The Kier molecular flexibility index (Phi) is 10.6. The molecule has 0 saturated heterocycles. The Morgan fingerprint density at radius 1 is 0.600 bits per heavy atom. The number of imidazole rings is 1. The number of ether oxygens (including phenoxy) is 1. The second-order valence-corrected chi connectivity index (χ2v) is 9.74. The molecule has 7 rings (SSSR count). The molecule has 7 aromatic rings. The Bertz CT molecular complexity index is 1970.